The smallest absolute Gasteiger partial charge is 0.237 e. The number of nitrogens with one attached hydrogen (secondary N) is 1. The van der Waals surface area contributed by atoms with Crippen molar-refractivity contribution in [2.75, 3.05) is 13.2 Å². The van der Waals surface area contributed by atoms with Gasteiger partial charge >= 0.3 is 0 Å². The average Bonchev–Trinajstić information content (AvgIpc) is 2.49. The summed E-state index contributed by atoms with van der Waals surface area (Å²) in [5.74, 6) is 0.435. The molecule has 0 spiro atoms. The molecule has 4 nitrogen and oxygen atoms in total. The van der Waals surface area contributed by atoms with Crippen LogP contribution in [0.3, 0.4) is 0 Å². The molecule has 1 fully saturated rings. The zero-order valence-electron chi connectivity index (χ0n) is 12.5. The van der Waals surface area contributed by atoms with Gasteiger partial charge in [-0.05, 0) is 37.7 Å². The van der Waals surface area contributed by atoms with Gasteiger partial charge < -0.3 is 15.8 Å². The van der Waals surface area contributed by atoms with Crippen LogP contribution >= 0.6 is 12.4 Å². The van der Waals surface area contributed by atoms with E-state index in [0.717, 1.165) is 31.6 Å². The van der Waals surface area contributed by atoms with Crippen molar-refractivity contribution in [1.82, 2.24) is 5.32 Å². The van der Waals surface area contributed by atoms with Gasteiger partial charge in [0.2, 0.25) is 5.91 Å². The van der Waals surface area contributed by atoms with Crippen molar-refractivity contribution in [3.8, 4) is 0 Å². The predicted octanol–water partition coefficient (Wildman–Crippen LogP) is 1.91. The van der Waals surface area contributed by atoms with E-state index in [1.165, 1.54) is 0 Å². The highest BCUT2D eigenvalue weighted by molar-refractivity contribution is 5.85. The molecule has 0 bridgehead atoms. The Labute approximate surface area is 132 Å². The van der Waals surface area contributed by atoms with Gasteiger partial charge in [0.15, 0.2) is 0 Å². The number of hydrogen-bond acceptors (Lipinski definition) is 3. The number of carbonyl (C=O) groups excluding carboxylic acids is 1. The van der Waals surface area contributed by atoms with Crippen LogP contribution in [0.15, 0.2) is 30.3 Å². The first kappa shape index (κ1) is 18.0. The fourth-order valence-corrected chi connectivity index (χ4v) is 2.63. The Morgan fingerprint density at radius 2 is 1.95 bits per heavy atom. The lowest BCUT2D eigenvalue weighted by Crippen LogP contribution is -2.48. The Morgan fingerprint density at radius 1 is 1.33 bits per heavy atom. The molecule has 1 aromatic carbocycles. The third-order valence-electron chi connectivity index (χ3n) is 3.98. The molecule has 1 aliphatic heterocycles. The van der Waals surface area contributed by atoms with Gasteiger partial charge in [-0.1, -0.05) is 30.3 Å². The van der Waals surface area contributed by atoms with Gasteiger partial charge in [0.1, 0.15) is 0 Å². The first-order valence-corrected chi connectivity index (χ1v) is 7.34. The quantitative estimate of drug-likeness (QED) is 0.873. The Bertz CT molecular complexity index is 422. The van der Waals surface area contributed by atoms with Crippen molar-refractivity contribution >= 4 is 18.3 Å². The van der Waals surface area contributed by atoms with Gasteiger partial charge in [-0.15, -0.1) is 12.4 Å². The molecule has 5 heteroatoms. The standard InChI is InChI=1S/C16H24N2O2.ClH/c1-12(14-7-9-20-10-8-14)18-16(19)15(17)11-13-5-3-2-4-6-13;/h2-6,12,14-15H,7-11,17H2,1H3,(H,18,19);1H. The summed E-state index contributed by atoms with van der Waals surface area (Å²) in [4.78, 5) is 12.1. The van der Waals surface area contributed by atoms with E-state index in [2.05, 4.69) is 12.2 Å². The molecule has 118 valence electrons. The summed E-state index contributed by atoms with van der Waals surface area (Å²) in [5.41, 5.74) is 7.08. The molecular formula is C16H25ClN2O2. The minimum atomic E-state index is -0.486. The number of halogens is 1. The predicted molar refractivity (Wildman–Crippen MR) is 86.5 cm³/mol. The lowest BCUT2D eigenvalue weighted by molar-refractivity contribution is -0.123. The molecule has 1 aliphatic rings. The van der Waals surface area contributed by atoms with Gasteiger partial charge in [-0.3, -0.25) is 4.79 Å². The van der Waals surface area contributed by atoms with Crippen LogP contribution in [-0.2, 0) is 16.0 Å². The Morgan fingerprint density at radius 3 is 2.57 bits per heavy atom. The van der Waals surface area contributed by atoms with E-state index in [0.29, 0.717) is 12.3 Å². The monoisotopic (exact) mass is 312 g/mol. The fourth-order valence-electron chi connectivity index (χ4n) is 2.63. The molecule has 2 rings (SSSR count). The highest BCUT2D eigenvalue weighted by Gasteiger charge is 2.23. The van der Waals surface area contributed by atoms with Crippen molar-refractivity contribution in [2.45, 2.75) is 38.3 Å². The topological polar surface area (TPSA) is 64.4 Å². The summed E-state index contributed by atoms with van der Waals surface area (Å²) < 4.78 is 5.34. The normalized spacial score (nSPS) is 18.4. The summed E-state index contributed by atoms with van der Waals surface area (Å²) in [7, 11) is 0. The van der Waals surface area contributed by atoms with Crippen LogP contribution in [0, 0.1) is 5.92 Å². The molecule has 1 heterocycles. The maximum atomic E-state index is 12.1. The SMILES string of the molecule is CC(NC(=O)C(N)Cc1ccccc1)C1CCOCC1.Cl. The van der Waals surface area contributed by atoms with E-state index in [1.54, 1.807) is 0 Å². The minimum absolute atomic E-state index is 0. The molecule has 2 unspecified atom stereocenters. The summed E-state index contributed by atoms with van der Waals surface area (Å²) in [6.07, 6.45) is 2.60. The Hall–Kier alpha value is -1.10. The van der Waals surface area contributed by atoms with E-state index in [4.69, 9.17) is 10.5 Å². The van der Waals surface area contributed by atoms with Crippen LogP contribution in [0.1, 0.15) is 25.3 Å². The molecule has 0 aromatic heterocycles. The second-order valence-electron chi connectivity index (χ2n) is 5.54. The third-order valence-corrected chi connectivity index (χ3v) is 3.98. The molecule has 0 radical (unpaired) electrons. The maximum Gasteiger partial charge on any atom is 0.237 e. The number of rotatable bonds is 5. The lowest BCUT2D eigenvalue weighted by Gasteiger charge is -2.29. The third kappa shape index (κ3) is 5.65. The minimum Gasteiger partial charge on any atom is -0.381 e. The lowest BCUT2D eigenvalue weighted by atomic mass is 9.92. The van der Waals surface area contributed by atoms with Crippen LogP contribution in [0.2, 0.25) is 0 Å². The summed E-state index contributed by atoms with van der Waals surface area (Å²) in [6, 6.07) is 9.55. The molecule has 21 heavy (non-hydrogen) atoms. The zero-order valence-corrected chi connectivity index (χ0v) is 13.3. The number of benzene rings is 1. The number of ether oxygens (including phenoxy) is 1. The average molecular weight is 313 g/mol. The largest absolute Gasteiger partial charge is 0.381 e. The number of hydrogen-bond donors (Lipinski definition) is 2. The van der Waals surface area contributed by atoms with Crippen molar-refractivity contribution in [1.29, 1.82) is 0 Å². The highest BCUT2D eigenvalue weighted by atomic mass is 35.5. The van der Waals surface area contributed by atoms with E-state index in [9.17, 15) is 4.79 Å². The highest BCUT2D eigenvalue weighted by Crippen LogP contribution is 2.18. The second-order valence-corrected chi connectivity index (χ2v) is 5.54. The van der Waals surface area contributed by atoms with Crippen LogP contribution in [0.25, 0.3) is 0 Å². The van der Waals surface area contributed by atoms with Gasteiger partial charge in [0, 0.05) is 19.3 Å². The van der Waals surface area contributed by atoms with Crippen LogP contribution in [0.4, 0.5) is 0 Å². The maximum absolute atomic E-state index is 12.1. The van der Waals surface area contributed by atoms with Gasteiger partial charge in [0.05, 0.1) is 6.04 Å². The molecule has 2 atom stereocenters. The molecular weight excluding hydrogens is 288 g/mol. The number of nitrogens with two attached hydrogens (primary N) is 1. The number of carbonyl (C=O) groups is 1. The first-order chi connectivity index (χ1) is 9.66. The second kappa shape index (κ2) is 9.03. The van der Waals surface area contributed by atoms with E-state index < -0.39 is 6.04 Å². The molecule has 0 aliphatic carbocycles. The first-order valence-electron chi connectivity index (χ1n) is 7.34. The van der Waals surface area contributed by atoms with E-state index in [1.807, 2.05) is 30.3 Å². The van der Waals surface area contributed by atoms with Crippen LogP contribution < -0.4 is 11.1 Å². The fraction of sp³-hybridized carbons (Fsp3) is 0.562. The van der Waals surface area contributed by atoms with Gasteiger partial charge in [-0.25, -0.2) is 0 Å². The molecule has 1 amide bonds. The summed E-state index contributed by atoms with van der Waals surface area (Å²) in [5, 5.41) is 3.05. The molecule has 1 aromatic rings. The number of amides is 1. The molecule has 1 saturated heterocycles. The zero-order chi connectivity index (χ0) is 14.4. The van der Waals surface area contributed by atoms with E-state index >= 15 is 0 Å². The van der Waals surface area contributed by atoms with Crippen molar-refractivity contribution in [3.05, 3.63) is 35.9 Å². The van der Waals surface area contributed by atoms with Crippen LogP contribution in [0.5, 0.6) is 0 Å². The molecule has 3 N–H and O–H groups in total. The van der Waals surface area contributed by atoms with Crippen molar-refractivity contribution in [3.63, 3.8) is 0 Å². The van der Waals surface area contributed by atoms with Crippen LogP contribution in [-0.4, -0.2) is 31.2 Å². The van der Waals surface area contributed by atoms with Gasteiger partial charge in [-0.2, -0.15) is 0 Å². The summed E-state index contributed by atoms with van der Waals surface area (Å²) in [6.45, 7) is 3.64. The Kier molecular flexibility index (Phi) is 7.72. The molecule has 0 saturated carbocycles. The van der Waals surface area contributed by atoms with Crippen molar-refractivity contribution < 1.29 is 9.53 Å². The summed E-state index contributed by atoms with van der Waals surface area (Å²) >= 11 is 0. The van der Waals surface area contributed by atoms with E-state index in [-0.39, 0.29) is 24.4 Å². The Balaban J connectivity index is 0.00000220. The van der Waals surface area contributed by atoms with Gasteiger partial charge in [0.25, 0.3) is 0 Å². The van der Waals surface area contributed by atoms with Crippen molar-refractivity contribution in [2.24, 2.45) is 11.7 Å².